The van der Waals surface area contributed by atoms with Crippen LogP contribution in [0.15, 0.2) is 133 Å². The largest absolute Gasteiger partial charge is 0.495 e. The molecule has 1 fully saturated rings. The highest BCUT2D eigenvalue weighted by Crippen LogP contribution is 2.38. The summed E-state index contributed by atoms with van der Waals surface area (Å²) in [4.78, 5) is 15.1. The molecule has 0 aliphatic carbocycles. The molecule has 2 heterocycles. The van der Waals surface area contributed by atoms with E-state index >= 15 is 0 Å². The summed E-state index contributed by atoms with van der Waals surface area (Å²) in [6, 6.07) is 45.3. The van der Waals surface area contributed by atoms with Gasteiger partial charge in [-0.3, -0.25) is 0 Å². The van der Waals surface area contributed by atoms with Gasteiger partial charge in [0.05, 0.1) is 11.2 Å². The van der Waals surface area contributed by atoms with Crippen LogP contribution in [0.2, 0.25) is 0 Å². The van der Waals surface area contributed by atoms with Gasteiger partial charge in [-0.15, -0.1) is 0 Å². The third-order valence-corrected chi connectivity index (χ3v) is 8.84. The maximum absolute atomic E-state index is 6.49. The Kier molecular flexibility index (Phi) is 7.40. The Balaban J connectivity index is 1.35. The zero-order chi connectivity index (χ0) is 31.0. The van der Waals surface area contributed by atoms with Crippen LogP contribution in [0.5, 0.6) is 0 Å². The molecule has 0 saturated carbocycles. The van der Waals surface area contributed by atoms with E-state index in [1.165, 1.54) is 5.56 Å². The molecule has 0 spiro atoms. The van der Waals surface area contributed by atoms with Crippen molar-refractivity contribution >= 4 is 12.6 Å². The summed E-state index contributed by atoms with van der Waals surface area (Å²) < 4.78 is 13.0. The molecule has 220 valence electrons. The van der Waals surface area contributed by atoms with Gasteiger partial charge in [-0.2, -0.15) is 0 Å². The summed E-state index contributed by atoms with van der Waals surface area (Å²) in [5, 5.41) is 0. The van der Waals surface area contributed by atoms with Crippen molar-refractivity contribution in [2.45, 2.75) is 38.9 Å². The minimum Gasteiger partial charge on any atom is -0.399 e. The predicted molar refractivity (Wildman–Crippen MR) is 183 cm³/mol. The Labute approximate surface area is 265 Å². The molecule has 5 aromatic carbocycles. The van der Waals surface area contributed by atoms with Crippen LogP contribution in [-0.2, 0) is 9.31 Å². The van der Waals surface area contributed by atoms with Crippen LogP contribution < -0.4 is 5.46 Å². The fourth-order valence-corrected chi connectivity index (χ4v) is 5.61. The first-order valence-corrected chi connectivity index (χ1v) is 15.3. The van der Waals surface area contributed by atoms with Gasteiger partial charge in [0.25, 0.3) is 0 Å². The molecule has 7 rings (SSSR count). The maximum Gasteiger partial charge on any atom is 0.495 e. The van der Waals surface area contributed by atoms with E-state index in [4.69, 9.17) is 24.3 Å². The smallest absolute Gasteiger partial charge is 0.399 e. The van der Waals surface area contributed by atoms with Crippen LogP contribution in [-0.4, -0.2) is 33.3 Å². The van der Waals surface area contributed by atoms with Crippen molar-refractivity contribution in [1.29, 1.82) is 0 Å². The lowest BCUT2D eigenvalue weighted by atomic mass is 9.74. The summed E-state index contributed by atoms with van der Waals surface area (Å²) in [6.07, 6.45) is 0. The SMILES string of the molecule is CC1(C)OB(c2ccccc2-c2ccccc2-c2nc(-c3ccccc3)nc(-c3ccc(-c4ccccc4)cc3)n2)OC1(C)C. The van der Waals surface area contributed by atoms with E-state index < -0.39 is 18.3 Å². The van der Waals surface area contributed by atoms with Crippen LogP contribution in [0, 0.1) is 0 Å². The molecule has 0 N–H and O–H groups in total. The van der Waals surface area contributed by atoms with Crippen molar-refractivity contribution in [3.05, 3.63) is 133 Å². The summed E-state index contributed by atoms with van der Waals surface area (Å²) in [7, 11) is -0.504. The van der Waals surface area contributed by atoms with Crippen molar-refractivity contribution in [2.75, 3.05) is 0 Å². The van der Waals surface area contributed by atoms with Gasteiger partial charge in [0.2, 0.25) is 0 Å². The van der Waals surface area contributed by atoms with Crippen LogP contribution in [0.3, 0.4) is 0 Å². The fraction of sp³-hybridized carbons (Fsp3) is 0.154. The van der Waals surface area contributed by atoms with Gasteiger partial charge >= 0.3 is 7.12 Å². The number of aromatic nitrogens is 3. The van der Waals surface area contributed by atoms with E-state index in [1.807, 2.05) is 60.7 Å². The normalized spacial score (nSPS) is 15.2. The van der Waals surface area contributed by atoms with Gasteiger partial charge in [-0.25, -0.2) is 15.0 Å². The highest BCUT2D eigenvalue weighted by molar-refractivity contribution is 6.64. The number of hydrogen-bond donors (Lipinski definition) is 0. The quantitative estimate of drug-likeness (QED) is 0.183. The minimum absolute atomic E-state index is 0.450. The summed E-state index contributed by atoms with van der Waals surface area (Å²) in [5.41, 5.74) is 7.15. The zero-order valence-electron chi connectivity index (χ0n) is 25.9. The van der Waals surface area contributed by atoms with E-state index in [2.05, 4.69) is 100 Å². The second-order valence-electron chi connectivity index (χ2n) is 12.3. The molecule has 0 unspecified atom stereocenters. The van der Waals surface area contributed by atoms with Crippen LogP contribution in [0.4, 0.5) is 0 Å². The average Bonchev–Trinajstić information content (AvgIpc) is 3.31. The van der Waals surface area contributed by atoms with Gasteiger partial charge in [0.15, 0.2) is 17.5 Å². The van der Waals surface area contributed by atoms with E-state index in [0.717, 1.165) is 38.8 Å². The molecule has 5 nitrogen and oxygen atoms in total. The highest BCUT2D eigenvalue weighted by atomic mass is 16.7. The second-order valence-corrected chi connectivity index (χ2v) is 12.3. The second kappa shape index (κ2) is 11.5. The predicted octanol–water partition coefficient (Wildman–Crippen LogP) is 8.51. The molecule has 6 aromatic rings. The summed E-state index contributed by atoms with van der Waals surface area (Å²) >= 11 is 0. The molecule has 0 bridgehead atoms. The van der Waals surface area contributed by atoms with Gasteiger partial charge in [-0.05, 0) is 55.4 Å². The van der Waals surface area contributed by atoms with E-state index in [-0.39, 0.29) is 0 Å². The van der Waals surface area contributed by atoms with Gasteiger partial charge in [0, 0.05) is 16.7 Å². The molecule has 0 amide bonds. The first-order chi connectivity index (χ1) is 21.8. The van der Waals surface area contributed by atoms with E-state index in [1.54, 1.807) is 0 Å². The van der Waals surface area contributed by atoms with Gasteiger partial charge < -0.3 is 9.31 Å². The fourth-order valence-electron chi connectivity index (χ4n) is 5.61. The lowest BCUT2D eigenvalue weighted by Gasteiger charge is -2.32. The molecule has 6 heteroatoms. The number of hydrogen-bond acceptors (Lipinski definition) is 5. The van der Waals surface area contributed by atoms with Crippen LogP contribution in [0.1, 0.15) is 27.7 Å². The third kappa shape index (κ3) is 5.59. The van der Waals surface area contributed by atoms with Crippen molar-refractivity contribution in [3.63, 3.8) is 0 Å². The van der Waals surface area contributed by atoms with Gasteiger partial charge in [0.1, 0.15) is 0 Å². The third-order valence-electron chi connectivity index (χ3n) is 8.84. The van der Waals surface area contributed by atoms with Crippen LogP contribution >= 0.6 is 0 Å². The van der Waals surface area contributed by atoms with Gasteiger partial charge in [-0.1, -0.05) is 133 Å². The lowest BCUT2D eigenvalue weighted by molar-refractivity contribution is 0.00578. The Morgan fingerprint density at radius 1 is 0.400 bits per heavy atom. The van der Waals surface area contributed by atoms with Crippen molar-refractivity contribution in [2.24, 2.45) is 0 Å². The van der Waals surface area contributed by atoms with Crippen molar-refractivity contribution in [1.82, 2.24) is 15.0 Å². The molecule has 0 atom stereocenters. The molecule has 1 aliphatic rings. The molecule has 1 aliphatic heterocycles. The Hall–Kier alpha value is -4.91. The van der Waals surface area contributed by atoms with Crippen molar-refractivity contribution in [3.8, 4) is 56.4 Å². The Morgan fingerprint density at radius 3 is 1.40 bits per heavy atom. The molecular formula is C39H34BN3O2. The maximum atomic E-state index is 6.49. The van der Waals surface area contributed by atoms with E-state index in [9.17, 15) is 0 Å². The highest BCUT2D eigenvalue weighted by Gasteiger charge is 2.52. The number of nitrogens with zero attached hydrogens (tertiary/aromatic N) is 3. The molecule has 1 saturated heterocycles. The zero-order valence-corrected chi connectivity index (χ0v) is 25.9. The van der Waals surface area contributed by atoms with Crippen molar-refractivity contribution < 1.29 is 9.31 Å². The molecule has 1 aromatic heterocycles. The topological polar surface area (TPSA) is 57.1 Å². The van der Waals surface area contributed by atoms with E-state index in [0.29, 0.717) is 17.5 Å². The summed E-state index contributed by atoms with van der Waals surface area (Å²) in [6.45, 7) is 8.31. The standard InChI is InChI=1S/C39H34BN3O2/c1-38(2)39(3,4)45-40(44-38)34-22-14-13-20-32(34)31-19-11-12-21-33(31)37-42-35(29-17-9-6-10-18-29)41-36(43-37)30-25-23-28(24-26-30)27-15-7-5-8-16-27/h5-26H,1-4H3. The lowest BCUT2D eigenvalue weighted by Crippen LogP contribution is -2.41. The molecular weight excluding hydrogens is 553 g/mol. The van der Waals surface area contributed by atoms with Crippen LogP contribution in [0.25, 0.3) is 56.4 Å². The molecule has 45 heavy (non-hydrogen) atoms. The minimum atomic E-state index is -0.504. The first-order valence-electron chi connectivity index (χ1n) is 15.3. The summed E-state index contributed by atoms with van der Waals surface area (Å²) in [5.74, 6) is 1.84. The first kappa shape index (κ1) is 28.8. The Bertz CT molecular complexity index is 1940. The average molecular weight is 588 g/mol. The number of rotatable bonds is 6. The number of benzene rings is 5. The molecule has 0 radical (unpaired) electrons. The monoisotopic (exact) mass is 587 g/mol. The Morgan fingerprint density at radius 2 is 0.800 bits per heavy atom.